The van der Waals surface area contributed by atoms with Crippen LogP contribution in [-0.4, -0.2) is 7.11 Å². The van der Waals surface area contributed by atoms with Gasteiger partial charge in [-0.05, 0) is 42.5 Å². The van der Waals surface area contributed by atoms with Crippen LogP contribution in [0.3, 0.4) is 0 Å². The molecule has 0 aliphatic carbocycles. The molecule has 0 saturated heterocycles. The van der Waals surface area contributed by atoms with Crippen LogP contribution >= 0.6 is 11.8 Å². The molecular formula is C13H12FNOS. The molecule has 0 aliphatic rings. The molecule has 2 aromatic rings. The summed E-state index contributed by atoms with van der Waals surface area (Å²) in [5, 5.41) is 0. The topological polar surface area (TPSA) is 35.2 Å². The highest BCUT2D eigenvalue weighted by molar-refractivity contribution is 7.99. The summed E-state index contributed by atoms with van der Waals surface area (Å²) < 4.78 is 18.1. The number of hydrogen-bond donors (Lipinski definition) is 1. The van der Waals surface area contributed by atoms with E-state index in [1.807, 2.05) is 24.3 Å². The second-order valence-electron chi connectivity index (χ2n) is 3.46. The second-order valence-corrected chi connectivity index (χ2v) is 4.58. The van der Waals surface area contributed by atoms with Gasteiger partial charge in [-0.15, -0.1) is 0 Å². The van der Waals surface area contributed by atoms with Crippen LogP contribution in [0.25, 0.3) is 0 Å². The zero-order valence-electron chi connectivity index (χ0n) is 9.31. The molecule has 17 heavy (non-hydrogen) atoms. The summed E-state index contributed by atoms with van der Waals surface area (Å²) in [7, 11) is 1.62. The predicted octanol–water partition coefficient (Wildman–Crippen LogP) is 3.57. The van der Waals surface area contributed by atoms with Crippen molar-refractivity contribution in [3.63, 3.8) is 0 Å². The van der Waals surface area contributed by atoms with E-state index in [2.05, 4.69) is 0 Å². The molecule has 4 heteroatoms. The number of nitrogens with two attached hydrogens (primary N) is 1. The van der Waals surface area contributed by atoms with Crippen LogP contribution in [0.5, 0.6) is 5.75 Å². The van der Waals surface area contributed by atoms with Gasteiger partial charge in [-0.2, -0.15) is 0 Å². The smallest absolute Gasteiger partial charge is 0.124 e. The maximum absolute atomic E-state index is 13.1. The standard InChI is InChI=1S/C13H12FNOS/c1-16-10-3-5-11(6-4-10)17-13-8-9(14)2-7-12(13)15/h2-8H,15H2,1H3. The van der Waals surface area contributed by atoms with Crippen molar-refractivity contribution in [3.8, 4) is 5.75 Å². The van der Waals surface area contributed by atoms with Gasteiger partial charge in [-0.1, -0.05) is 11.8 Å². The van der Waals surface area contributed by atoms with Crippen LogP contribution in [0.4, 0.5) is 10.1 Å². The number of hydrogen-bond acceptors (Lipinski definition) is 3. The van der Waals surface area contributed by atoms with Crippen LogP contribution < -0.4 is 10.5 Å². The molecule has 2 aromatic carbocycles. The normalized spacial score (nSPS) is 10.2. The Morgan fingerprint density at radius 2 is 1.82 bits per heavy atom. The van der Waals surface area contributed by atoms with Crippen molar-refractivity contribution in [1.29, 1.82) is 0 Å². The molecule has 0 aromatic heterocycles. The third-order valence-corrected chi connectivity index (χ3v) is 3.34. The minimum Gasteiger partial charge on any atom is -0.497 e. The molecule has 0 aliphatic heterocycles. The van der Waals surface area contributed by atoms with E-state index in [1.54, 1.807) is 13.2 Å². The van der Waals surface area contributed by atoms with Gasteiger partial charge in [0.05, 0.1) is 7.11 Å². The fraction of sp³-hybridized carbons (Fsp3) is 0.0769. The minimum absolute atomic E-state index is 0.282. The van der Waals surface area contributed by atoms with Gasteiger partial charge < -0.3 is 10.5 Å². The van der Waals surface area contributed by atoms with Crippen molar-refractivity contribution in [2.24, 2.45) is 0 Å². The average molecular weight is 249 g/mol. The highest BCUT2D eigenvalue weighted by Gasteiger charge is 2.03. The predicted molar refractivity (Wildman–Crippen MR) is 67.9 cm³/mol. The van der Waals surface area contributed by atoms with Gasteiger partial charge in [-0.25, -0.2) is 4.39 Å². The molecule has 2 nitrogen and oxygen atoms in total. The molecule has 88 valence electrons. The van der Waals surface area contributed by atoms with E-state index in [1.165, 1.54) is 23.9 Å². The summed E-state index contributed by atoms with van der Waals surface area (Å²) in [5.41, 5.74) is 6.36. The first-order valence-electron chi connectivity index (χ1n) is 5.06. The van der Waals surface area contributed by atoms with Crippen molar-refractivity contribution >= 4 is 17.4 Å². The van der Waals surface area contributed by atoms with Gasteiger partial charge >= 0.3 is 0 Å². The Hall–Kier alpha value is -1.68. The number of anilines is 1. The van der Waals surface area contributed by atoms with Crippen LogP contribution in [-0.2, 0) is 0 Å². The Balaban J connectivity index is 2.22. The lowest BCUT2D eigenvalue weighted by Gasteiger charge is -2.06. The maximum atomic E-state index is 13.1. The van der Waals surface area contributed by atoms with Crippen LogP contribution in [0.2, 0.25) is 0 Å². The zero-order chi connectivity index (χ0) is 12.3. The van der Waals surface area contributed by atoms with Gasteiger partial charge in [0.25, 0.3) is 0 Å². The molecule has 0 heterocycles. The summed E-state index contributed by atoms with van der Waals surface area (Å²) in [4.78, 5) is 1.71. The van der Waals surface area contributed by atoms with Gasteiger partial charge in [0, 0.05) is 15.5 Å². The molecule has 0 saturated carbocycles. The molecule has 0 bridgehead atoms. The van der Waals surface area contributed by atoms with Crippen molar-refractivity contribution in [2.75, 3.05) is 12.8 Å². The number of methoxy groups -OCH3 is 1. The Morgan fingerprint density at radius 1 is 1.12 bits per heavy atom. The van der Waals surface area contributed by atoms with E-state index >= 15 is 0 Å². The van der Waals surface area contributed by atoms with Gasteiger partial charge in [0.1, 0.15) is 11.6 Å². The monoisotopic (exact) mass is 249 g/mol. The Kier molecular flexibility index (Phi) is 3.54. The summed E-state index contributed by atoms with van der Waals surface area (Å²) in [6.07, 6.45) is 0. The van der Waals surface area contributed by atoms with Gasteiger partial charge in [0.2, 0.25) is 0 Å². The van der Waals surface area contributed by atoms with Crippen molar-refractivity contribution in [2.45, 2.75) is 9.79 Å². The van der Waals surface area contributed by atoms with E-state index < -0.39 is 0 Å². The number of halogens is 1. The third-order valence-electron chi connectivity index (χ3n) is 2.26. The number of ether oxygens (including phenoxy) is 1. The first-order valence-corrected chi connectivity index (χ1v) is 5.87. The summed E-state index contributed by atoms with van der Waals surface area (Å²) in [5.74, 6) is 0.511. The molecule has 2 rings (SSSR count). The fourth-order valence-electron chi connectivity index (χ4n) is 1.37. The maximum Gasteiger partial charge on any atom is 0.124 e. The third kappa shape index (κ3) is 2.91. The first-order chi connectivity index (χ1) is 8.19. The lowest BCUT2D eigenvalue weighted by molar-refractivity contribution is 0.414. The number of benzene rings is 2. The Bertz CT molecular complexity index is 513. The highest BCUT2D eigenvalue weighted by atomic mass is 32.2. The van der Waals surface area contributed by atoms with E-state index in [0.29, 0.717) is 5.69 Å². The van der Waals surface area contributed by atoms with Crippen LogP contribution in [0.1, 0.15) is 0 Å². The van der Waals surface area contributed by atoms with Crippen molar-refractivity contribution in [1.82, 2.24) is 0 Å². The lowest BCUT2D eigenvalue weighted by atomic mass is 10.3. The molecule has 0 spiro atoms. The van der Waals surface area contributed by atoms with E-state index in [9.17, 15) is 4.39 Å². The summed E-state index contributed by atoms with van der Waals surface area (Å²) >= 11 is 1.43. The highest BCUT2D eigenvalue weighted by Crippen LogP contribution is 2.33. The van der Waals surface area contributed by atoms with E-state index in [-0.39, 0.29) is 5.82 Å². The first kappa shape index (κ1) is 11.8. The molecule has 2 N–H and O–H groups in total. The van der Waals surface area contributed by atoms with E-state index in [4.69, 9.17) is 10.5 Å². The van der Waals surface area contributed by atoms with E-state index in [0.717, 1.165) is 15.5 Å². The quantitative estimate of drug-likeness (QED) is 0.845. The number of nitrogen functional groups attached to an aromatic ring is 1. The number of rotatable bonds is 3. The lowest BCUT2D eigenvalue weighted by Crippen LogP contribution is -1.89. The Labute approximate surface area is 104 Å². The van der Waals surface area contributed by atoms with Crippen molar-refractivity contribution in [3.05, 3.63) is 48.3 Å². The summed E-state index contributed by atoms with van der Waals surface area (Å²) in [6.45, 7) is 0. The molecule has 0 unspecified atom stereocenters. The largest absolute Gasteiger partial charge is 0.497 e. The van der Waals surface area contributed by atoms with Gasteiger partial charge in [-0.3, -0.25) is 0 Å². The molecule has 0 amide bonds. The zero-order valence-corrected chi connectivity index (χ0v) is 10.1. The minimum atomic E-state index is -0.282. The second kappa shape index (κ2) is 5.10. The van der Waals surface area contributed by atoms with Crippen molar-refractivity contribution < 1.29 is 9.13 Å². The summed E-state index contributed by atoms with van der Waals surface area (Å²) in [6, 6.07) is 11.9. The molecular weight excluding hydrogens is 237 g/mol. The average Bonchev–Trinajstić information content (AvgIpc) is 2.35. The fourth-order valence-corrected chi connectivity index (χ4v) is 2.25. The van der Waals surface area contributed by atoms with Crippen LogP contribution in [0, 0.1) is 5.82 Å². The molecule has 0 fully saturated rings. The molecule has 0 radical (unpaired) electrons. The molecule has 0 atom stereocenters. The SMILES string of the molecule is COc1ccc(Sc2cc(F)ccc2N)cc1. The van der Waals surface area contributed by atoms with Crippen LogP contribution in [0.15, 0.2) is 52.3 Å². The van der Waals surface area contributed by atoms with Gasteiger partial charge in [0.15, 0.2) is 0 Å². The Morgan fingerprint density at radius 3 is 2.47 bits per heavy atom.